The van der Waals surface area contributed by atoms with Gasteiger partial charge in [-0.15, -0.1) is 0 Å². The standard InChI is InChI=1S/C52H34N4/c1-2-13-30-29(12-1)26-39-38-28-41-40(27-37(38)34-17-9-16-31(30)48(34)39)49(35-18-10-24-46-51(35)55-44-22-7-5-20-42(44)53-46)32-14-3-4-15-33(32)50(41)36-19-11-25-47-52(36)56-45-23-8-6-21-43(45)54-47/h1-26,28-31,37,48H,27H2. The molecule has 1 fully saturated rings. The first-order chi connectivity index (χ1) is 27.8. The molecule has 5 aliphatic carbocycles. The smallest absolute Gasteiger partial charge is 0.0973 e. The van der Waals surface area contributed by atoms with Crippen LogP contribution in [-0.2, 0) is 6.42 Å². The van der Waals surface area contributed by atoms with Gasteiger partial charge in [0.15, 0.2) is 0 Å². The molecule has 2 heterocycles. The molecule has 13 rings (SSSR count). The van der Waals surface area contributed by atoms with Crippen molar-refractivity contribution in [1.82, 2.24) is 19.9 Å². The monoisotopic (exact) mass is 714 g/mol. The summed E-state index contributed by atoms with van der Waals surface area (Å²) in [4.78, 5) is 20.9. The van der Waals surface area contributed by atoms with Gasteiger partial charge < -0.3 is 0 Å². The average Bonchev–Trinajstić information content (AvgIpc) is 3.56. The molecule has 0 radical (unpaired) electrons. The fourth-order valence-corrected chi connectivity index (χ4v) is 10.9. The fraction of sp³-hybridized carbons (Fsp3) is 0.115. The van der Waals surface area contributed by atoms with E-state index in [2.05, 4.69) is 152 Å². The lowest BCUT2D eigenvalue weighted by atomic mass is 9.64. The molecule has 5 aliphatic rings. The minimum absolute atomic E-state index is 0.296. The summed E-state index contributed by atoms with van der Waals surface area (Å²) < 4.78 is 0. The minimum atomic E-state index is 0.296. The van der Waals surface area contributed by atoms with E-state index in [-0.39, 0.29) is 0 Å². The van der Waals surface area contributed by atoms with Gasteiger partial charge in [-0.2, -0.15) is 0 Å². The van der Waals surface area contributed by atoms with E-state index in [1.54, 1.807) is 5.57 Å². The maximum absolute atomic E-state index is 5.34. The van der Waals surface area contributed by atoms with Crippen molar-refractivity contribution in [2.45, 2.75) is 6.42 Å². The Balaban J connectivity index is 1.16. The molecule has 0 spiro atoms. The molecule has 8 aromatic rings. The number of fused-ring (bicyclic) bond motifs is 11. The van der Waals surface area contributed by atoms with E-state index in [1.807, 2.05) is 12.1 Å². The van der Waals surface area contributed by atoms with Crippen LogP contribution in [0, 0.1) is 29.6 Å². The second kappa shape index (κ2) is 11.4. The summed E-state index contributed by atoms with van der Waals surface area (Å²) in [5.41, 5.74) is 19.3. The Morgan fingerprint density at radius 2 is 1.05 bits per heavy atom. The van der Waals surface area contributed by atoms with Crippen LogP contribution >= 0.6 is 0 Å². The summed E-state index contributed by atoms with van der Waals surface area (Å²) in [6.45, 7) is 0. The molecule has 2 aromatic heterocycles. The van der Waals surface area contributed by atoms with Gasteiger partial charge in [0.2, 0.25) is 0 Å². The summed E-state index contributed by atoms with van der Waals surface area (Å²) in [6.07, 6.45) is 22.7. The van der Waals surface area contributed by atoms with E-state index in [0.717, 1.165) is 61.7 Å². The first-order valence-corrected chi connectivity index (χ1v) is 19.8. The highest BCUT2D eigenvalue weighted by atomic mass is 14.8. The zero-order valence-corrected chi connectivity index (χ0v) is 30.5. The summed E-state index contributed by atoms with van der Waals surface area (Å²) in [5.74, 6) is 2.04. The van der Waals surface area contributed by atoms with E-state index < -0.39 is 0 Å². The number of hydrogen-bond donors (Lipinski definition) is 0. The van der Waals surface area contributed by atoms with Crippen molar-refractivity contribution in [3.63, 3.8) is 0 Å². The number of para-hydroxylation sites is 6. The van der Waals surface area contributed by atoms with Crippen molar-refractivity contribution >= 4 is 61.0 Å². The van der Waals surface area contributed by atoms with Crippen molar-refractivity contribution in [3.05, 3.63) is 186 Å². The Morgan fingerprint density at radius 3 is 1.75 bits per heavy atom. The molecule has 262 valence electrons. The van der Waals surface area contributed by atoms with Crippen LogP contribution in [0.2, 0.25) is 0 Å². The normalized spacial score (nSPS) is 22.9. The average molecular weight is 715 g/mol. The van der Waals surface area contributed by atoms with E-state index >= 15 is 0 Å². The molecule has 4 heteroatoms. The first kappa shape index (κ1) is 30.5. The van der Waals surface area contributed by atoms with Gasteiger partial charge in [-0.05, 0) is 105 Å². The lowest BCUT2D eigenvalue weighted by Crippen LogP contribution is -2.32. The van der Waals surface area contributed by atoms with Crippen LogP contribution in [0.15, 0.2) is 175 Å². The van der Waals surface area contributed by atoms with Crippen LogP contribution < -0.4 is 0 Å². The van der Waals surface area contributed by atoms with E-state index in [4.69, 9.17) is 19.9 Å². The Labute approximate surface area is 323 Å². The molecule has 56 heavy (non-hydrogen) atoms. The van der Waals surface area contributed by atoms with Crippen molar-refractivity contribution < 1.29 is 0 Å². The number of allylic oxidation sites excluding steroid dienone is 11. The van der Waals surface area contributed by atoms with Gasteiger partial charge in [-0.1, -0.05) is 127 Å². The summed E-state index contributed by atoms with van der Waals surface area (Å²) in [6, 6.07) is 38.5. The topological polar surface area (TPSA) is 51.6 Å². The van der Waals surface area contributed by atoms with Gasteiger partial charge in [0.05, 0.1) is 44.1 Å². The van der Waals surface area contributed by atoms with Crippen LogP contribution in [0.1, 0.15) is 11.1 Å². The molecule has 0 aliphatic heterocycles. The van der Waals surface area contributed by atoms with Gasteiger partial charge in [-0.25, -0.2) is 19.9 Å². The third-order valence-electron chi connectivity index (χ3n) is 13.2. The predicted molar refractivity (Wildman–Crippen MR) is 229 cm³/mol. The molecule has 1 saturated carbocycles. The van der Waals surface area contributed by atoms with Gasteiger partial charge in [0.25, 0.3) is 0 Å². The highest BCUT2D eigenvalue weighted by Gasteiger charge is 2.49. The lowest BCUT2D eigenvalue weighted by molar-refractivity contribution is 0.331. The summed E-state index contributed by atoms with van der Waals surface area (Å²) >= 11 is 0. The third-order valence-corrected chi connectivity index (χ3v) is 13.2. The Morgan fingerprint density at radius 1 is 0.482 bits per heavy atom. The van der Waals surface area contributed by atoms with Crippen LogP contribution in [0.4, 0.5) is 0 Å². The van der Waals surface area contributed by atoms with Crippen molar-refractivity contribution in [1.29, 1.82) is 0 Å². The fourth-order valence-electron chi connectivity index (χ4n) is 10.9. The van der Waals surface area contributed by atoms with Crippen LogP contribution in [0.3, 0.4) is 0 Å². The quantitative estimate of drug-likeness (QED) is 0.167. The number of rotatable bonds is 2. The third kappa shape index (κ3) is 4.19. The zero-order valence-electron chi connectivity index (χ0n) is 30.5. The molecule has 4 nitrogen and oxygen atoms in total. The molecule has 0 amide bonds. The van der Waals surface area contributed by atoms with Gasteiger partial charge in [-0.3, -0.25) is 0 Å². The predicted octanol–water partition coefficient (Wildman–Crippen LogP) is 12.0. The molecule has 6 aromatic carbocycles. The van der Waals surface area contributed by atoms with Crippen molar-refractivity contribution in [2.24, 2.45) is 29.6 Å². The summed E-state index contributed by atoms with van der Waals surface area (Å²) in [7, 11) is 0. The van der Waals surface area contributed by atoms with Gasteiger partial charge >= 0.3 is 0 Å². The number of benzene rings is 6. The second-order valence-electron chi connectivity index (χ2n) is 16.0. The molecular weight excluding hydrogens is 681 g/mol. The SMILES string of the molecule is C1=CC2C=C3C4=Cc5c(c(-c6cccc7nc8ccccc8nc67)c6ccccc6c5-c5cccc6nc7ccccc7nc56)CC4C4=CC=CC(C34)C2C=C1. The first-order valence-electron chi connectivity index (χ1n) is 19.8. The highest BCUT2D eigenvalue weighted by Crippen LogP contribution is 2.61. The molecule has 5 atom stereocenters. The van der Waals surface area contributed by atoms with Crippen molar-refractivity contribution in [3.8, 4) is 22.3 Å². The maximum Gasteiger partial charge on any atom is 0.0973 e. The van der Waals surface area contributed by atoms with Crippen molar-refractivity contribution in [2.75, 3.05) is 0 Å². The second-order valence-corrected chi connectivity index (χ2v) is 16.0. The van der Waals surface area contributed by atoms with Crippen LogP contribution in [-0.4, -0.2) is 19.9 Å². The Kier molecular flexibility index (Phi) is 6.20. The van der Waals surface area contributed by atoms with Gasteiger partial charge in [0, 0.05) is 28.9 Å². The Hall–Kier alpha value is -6.78. The van der Waals surface area contributed by atoms with E-state index in [1.165, 1.54) is 44.2 Å². The molecular formula is C52H34N4. The Bertz CT molecular complexity index is 3270. The van der Waals surface area contributed by atoms with Crippen LogP contribution in [0.5, 0.6) is 0 Å². The highest BCUT2D eigenvalue weighted by molar-refractivity contribution is 6.16. The maximum atomic E-state index is 5.34. The lowest BCUT2D eigenvalue weighted by Gasteiger charge is -2.39. The zero-order chi connectivity index (χ0) is 36.5. The van der Waals surface area contributed by atoms with E-state index in [0.29, 0.717) is 29.6 Å². The minimum Gasteiger partial charge on any atom is -0.244 e. The van der Waals surface area contributed by atoms with Gasteiger partial charge in [0.1, 0.15) is 0 Å². The van der Waals surface area contributed by atoms with E-state index in [9.17, 15) is 0 Å². The van der Waals surface area contributed by atoms with Crippen LogP contribution in [0.25, 0.3) is 83.2 Å². The molecule has 0 saturated heterocycles. The number of nitrogens with zero attached hydrogens (tertiary/aromatic N) is 4. The number of aromatic nitrogens is 4. The largest absolute Gasteiger partial charge is 0.244 e. The molecule has 5 unspecified atom stereocenters. The molecule has 0 N–H and O–H groups in total. The summed E-state index contributed by atoms with van der Waals surface area (Å²) in [5, 5.41) is 2.43. The molecule has 0 bridgehead atoms. The number of hydrogen-bond acceptors (Lipinski definition) is 4.